The van der Waals surface area contributed by atoms with Crippen LogP contribution in [0, 0.1) is 0 Å². The summed E-state index contributed by atoms with van der Waals surface area (Å²) in [4.78, 5) is 16.6. The first-order valence-corrected chi connectivity index (χ1v) is 5.60. The van der Waals surface area contributed by atoms with Crippen molar-refractivity contribution >= 4 is 11.7 Å². The number of carbonyl (C=O) groups excluding carboxylic acids is 1. The van der Waals surface area contributed by atoms with Gasteiger partial charge in [0.2, 0.25) is 0 Å². The monoisotopic (exact) mass is 275 g/mol. The number of rotatable bonds is 1. The van der Waals surface area contributed by atoms with E-state index in [9.17, 15) is 18.0 Å². The number of morpholine rings is 1. The first-order valence-electron chi connectivity index (χ1n) is 5.60. The maximum atomic E-state index is 12.8. The summed E-state index contributed by atoms with van der Waals surface area (Å²) in [5.74, 6) is -0.978. The van der Waals surface area contributed by atoms with E-state index >= 15 is 0 Å². The van der Waals surface area contributed by atoms with Crippen LogP contribution in [0.2, 0.25) is 0 Å². The van der Waals surface area contributed by atoms with Crippen LogP contribution in [0.5, 0.6) is 0 Å². The molecule has 0 atom stereocenters. The van der Waals surface area contributed by atoms with Gasteiger partial charge in [-0.1, -0.05) is 0 Å². The first-order chi connectivity index (χ1) is 8.89. The second kappa shape index (κ2) is 5.04. The third-order valence-electron chi connectivity index (χ3n) is 2.71. The Morgan fingerprint density at radius 1 is 1.32 bits per heavy atom. The van der Waals surface area contributed by atoms with Crippen molar-refractivity contribution in [3.8, 4) is 0 Å². The van der Waals surface area contributed by atoms with Crippen LogP contribution in [0.4, 0.5) is 19.0 Å². The van der Waals surface area contributed by atoms with Gasteiger partial charge in [0.15, 0.2) is 5.69 Å². The average molecular weight is 275 g/mol. The molecule has 0 bridgehead atoms. The van der Waals surface area contributed by atoms with Crippen LogP contribution in [-0.2, 0) is 10.9 Å². The van der Waals surface area contributed by atoms with E-state index in [-0.39, 0.29) is 18.9 Å². The summed E-state index contributed by atoms with van der Waals surface area (Å²) < 4.78 is 43.6. The van der Waals surface area contributed by atoms with Gasteiger partial charge in [-0.15, -0.1) is 0 Å². The van der Waals surface area contributed by atoms with Gasteiger partial charge in [0.05, 0.1) is 18.8 Å². The lowest BCUT2D eigenvalue weighted by molar-refractivity contribution is -0.141. The van der Waals surface area contributed by atoms with Crippen LogP contribution < -0.4 is 5.73 Å². The second-order valence-corrected chi connectivity index (χ2v) is 4.03. The van der Waals surface area contributed by atoms with Crippen LogP contribution >= 0.6 is 0 Å². The highest BCUT2D eigenvalue weighted by Crippen LogP contribution is 2.31. The number of hydrogen-bond donors (Lipinski definition) is 1. The van der Waals surface area contributed by atoms with Gasteiger partial charge < -0.3 is 15.4 Å². The topological polar surface area (TPSA) is 68.5 Å². The second-order valence-electron chi connectivity index (χ2n) is 4.03. The Morgan fingerprint density at radius 3 is 2.53 bits per heavy atom. The van der Waals surface area contributed by atoms with Gasteiger partial charge in [-0.2, -0.15) is 13.2 Å². The highest BCUT2D eigenvalue weighted by Gasteiger charge is 2.38. The van der Waals surface area contributed by atoms with Crippen molar-refractivity contribution in [1.82, 2.24) is 9.88 Å². The number of carbonyl (C=O) groups is 1. The Labute approximate surface area is 107 Å². The molecule has 104 valence electrons. The number of nitrogen functional groups attached to an aromatic ring is 1. The molecule has 1 saturated heterocycles. The van der Waals surface area contributed by atoms with Crippen molar-refractivity contribution in [1.29, 1.82) is 0 Å². The molecule has 1 amide bonds. The smallest absolute Gasteiger partial charge is 0.384 e. The van der Waals surface area contributed by atoms with Gasteiger partial charge in [0, 0.05) is 13.1 Å². The minimum atomic E-state index is -4.72. The number of ether oxygens (including phenoxy) is 1. The number of pyridine rings is 1. The summed E-state index contributed by atoms with van der Waals surface area (Å²) in [7, 11) is 0. The predicted octanol–water partition coefficient (Wildman–Crippen LogP) is 1.16. The minimum absolute atomic E-state index is 0.264. The average Bonchev–Trinajstić information content (AvgIpc) is 2.38. The zero-order chi connectivity index (χ0) is 14.0. The van der Waals surface area contributed by atoms with Crippen molar-refractivity contribution in [3.63, 3.8) is 0 Å². The Kier molecular flexibility index (Phi) is 3.61. The van der Waals surface area contributed by atoms with Crippen LogP contribution in [0.25, 0.3) is 0 Å². The van der Waals surface area contributed by atoms with Gasteiger partial charge in [-0.25, -0.2) is 4.98 Å². The molecule has 0 radical (unpaired) electrons. The molecule has 1 aliphatic heterocycles. The molecule has 0 aromatic carbocycles. The van der Waals surface area contributed by atoms with E-state index in [1.165, 1.54) is 11.0 Å². The predicted molar refractivity (Wildman–Crippen MR) is 60.4 cm³/mol. The van der Waals surface area contributed by atoms with Gasteiger partial charge in [0.1, 0.15) is 5.82 Å². The standard InChI is InChI=1S/C11H12F3N3O2/c12-11(13,14)9-7(1-2-8(15)16-9)10(18)17-3-5-19-6-4-17/h1-2H,3-6H2,(H2,15,16). The van der Waals surface area contributed by atoms with Gasteiger partial charge in [0.25, 0.3) is 5.91 Å². The highest BCUT2D eigenvalue weighted by molar-refractivity contribution is 5.95. The molecule has 2 rings (SSSR count). The first kappa shape index (κ1) is 13.6. The fourth-order valence-electron chi connectivity index (χ4n) is 1.80. The summed E-state index contributed by atoms with van der Waals surface area (Å²) in [6, 6.07) is 2.24. The molecule has 1 aliphatic rings. The Balaban J connectivity index is 2.35. The molecule has 5 nitrogen and oxygen atoms in total. The number of halogens is 3. The number of nitrogens with two attached hydrogens (primary N) is 1. The molecule has 0 spiro atoms. The fraction of sp³-hybridized carbons (Fsp3) is 0.455. The van der Waals surface area contributed by atoms with E-state index in [1.54, 1.807) is 0 Å². The maximum Gasteiger partial charge on any atom is 0.434 e. The van der Waals surface area contributed by atoms with Crippen molar-refractivity contribution in [3.05, 3.63) is 23.4 Å². The third kappa shape index (κ3) is 2.95. The molecule has 0 aliphatic carbocycles. The van der Waals surface area contributed by atoms with Crippen molar-refractivity contribution in [2.75, 3.05) is 32.0 Å². The normalized spacial score (nSPS) is 16.5. The van der Waals surface area contributed by atoms with Gasteiger partial charge in [-0.05, 0) is 12.1 Å². The van der Waals surface area contributed by atoms with Crippen LogP contribution in [0.15, 0.2) is 12.1 Å². The molecule has 8 heteroatoms. The van der Waals surface area contributed by atoms with E-state index in [4.69, 9.17) is 10.5 Å². The zero-order valence-corrected chi connectivity index (χ0v) is 9.91. The summed E-state index contributed by atoms with van der Waals surface area (Å²) >= 11 is 0. The van der Waals surface area contributed by atoms with E-state index < -0.39 is 23.3 Å². The molecular formula is C11H12F3N3O2. The molecule has 1 aromatic rings. The van der Waals surface area contributed by atoms with Crippen molar-refractivity contribution in [2.24, 2.45) is 0 Å². The number of aromatic nitrogens is 1. The maximum absolute atomic E-state index is 12.8. The molecule has 2 N–H and O–H groups in total. The van der Waals surface area contributed by atoms with Gasteiger partial charge >= 0.3 is 6.18 Å². The SMILES string of the molecule is Nc1ccc(C(=O)N2CCOCC2)c(C(F)(F)F)n1. The van der Waals surface area contributed by atoms with Crippen LogP contribution in [-0.4, -0.2) is 42.1 Å². The molecular weight excluding hydrogens is 263 g/mol. The Bertz CT molecular complexity index is 485. The lowest BCUT2D eigenvalue weighted by Crippen LogP contribution is -2.41. The Morgan fingerprint density at radius 2 is 1.95 bits per heavy atom. The van der Waals surface area contributed by atoms with E-state index in [0.717, 1.165) is 6.07 Å². The highest BCUT2D eigenvalue weighted by atomic mass is 19.4. The molecule has 1 fully saturated rings. The molecule has 2 heterocycles. The van der Waals surface area contributed by atoms with E-state index in [2.05, 4.69) is 4.98 Å². The van der Waals surface area contributed by atoms with Gasteiger partial charge in [-0.3, -0.25) is 4.79 Å². The summed E-state index contributed by atoms with van der Waals surface area (Å²) in [6.45, 7) is 1.16. The zero-order valence-electron chi connectivity index (χ0n) is 9.91. The van der Waals surface area contributed by atoms with E-state index in [0.29, 0.717) is 13.2 Å². The molecule has 0 saturated carbocycles. The molecule has 19 heavy (non-hydrogen) atoms. The number of amides is 1. The molecule has 1 aromatic heterocycles. The summed E-state index contributed by atoms with van der Waals surface area (Å²) in [6.07, 6.45) is -4.72. The van der Waals surface area contributed by atoms with Crippen LogP contribution in [0.3, 0.4) is 0 Å². The lowest BCUT2D eigenvalue weighted by Gasteiger charge is -2.27. The fourth-order valence-corrected chi connectivity index (χ4v) is 1.80. The number of nitrogens with zero attached hydrogens (tertiary/aromatic N) is 2. The number of alkyl halides is 3. The minimum Gasteiger partial charge on any atom is -0.384 e. The largest absolute Gasteiger partial charge is 0.434 e. The summed E-state index contributed by atoms with van der Waals surface area (Å²) in [5.41, 5.74) is 3.52. The lowest BCUT2D eigenvalue weighted by atomic mass is 10.1. The van der Waals surface area contributed by atoms with E-state index in [1.807, 2.05) is 0 Å². The van der Waals surface area contributed by atoms with Crippen molar-refractivity contribution in [2.45, 2.75) is 6.18 Å². The van der Waals surface area contributed by atoms with Crippen molar-refractivity contribution < 1.29 is 22.7 Å². The summed E-state index contributed by atoms with van der Waals surface area (Å²) in [5, 5.41) is 0. The van der Waals surface area contributed by atoms with Crippen LogP contribution in [0.1, 0.15) is 16.1 Å². The third-order valence-corrected chi connectivity index (χ3v) is 2.71. The number of anilines is 1. The molecule has 0 unspecified atom stereocenters. The number of hydrogen-bond acceptors (Lipinski definition) is 4. The quantitative estimate of drug-likeness (QED) is 0.835. The Hall–Kier alpha value is -1.83.